The van der Waals surface area contributed by atoms with Crippen LogP contribution in [0.1, 0.15) is 59.0 Å². The van der Waals surface area contributed by atoms with Crippen molar-refractivity contribution in [3.63, 3.8) is 0 Å². The average molecular weight is 385 g/mol. The van der Waals surface area contributed by atoms with Crippen molar-refractivity contribution < 1.29 is 4.79 Å². The van der Waals surface area contributed by atoms with E-state index in [0.29, 0.717) is 24.0 Å². The Morgan fingerprint density at radius 1 is 1.37 bits per heavy atom. The minimum Gasteiger partial charge on any atom is -0.327 e. The number of hydrogen-bond acceptors (Lipinski definition) is 4. The standard InChI is InChI=1S/C21H28N4OS/c1-14-9-10-27-19(14)12-24(4)13-20(26)23-21-18(11-22)15(2)16(3)25(21)17-7-5-6-8-17/h9-10,17H,5-8,12-13H2,1-4H3,(H,23,26). The third-order valence-electron chi connectivity index (χ3n) is 5.61. The maximum Gasteiger partial charge on any atom is 0.239 e. The summed E-state index contributed by atoms with van der Waals surface area (Å²) < 4.78 is 2.20. The molecule has 0 unspecified atom stereocenters. The number of carbonyl (C=O) groups excluding carboxylic acids is 1. The van der Waals surface area contributed by atoms with Crippen molar-refractivity contribution in [2.24, 2.45) is 0 Å². The number of nitrogens with zero attached hydrogens (tertiary/aromatic N) is 3. The lowest BCUT2D eigenvalue weighted by Crippen LogP contribution is -2.31. The van der Waals surface area contributed by atoms with Crippen LogP contribution in [0.5, 0.6) is 0 Å². The Morgan fingerprint density at radius 3 is 2.67 bits per heavy atom. The lowest BCUT2D eigenvalue weighted by atomic mass is 10.2. The van der Waals surface area contributed by atoms with Gasteiger partial charge in [0.15, 0.2) is 0 Å². The molecule has 1 aliphatic carbocycles. The van der Waals surface area contributed by atoms with Gasteiger partial charge in [-0.3, -0.25) is 9.69 Å². The zero-order valence-corrected chi connectivity index (χ0v) is 17.4. The predicted molar refractivity (Wildman–Crippen MR) is 110 cm³/mol. The Labute approximate surface area is 165 Å². The van der Waals surface area contributed by atoms with Gasteiger partial charge < -0.3 is 9.88 Å². The van der Waals surface area contributed by atoms with Crippen molar-refractivity contribution in [1.82, 2.24) is 9.47 Å². The van der Waals surface area contributed by atoms with Crippen molar-refractivity contribution >= 4 is 23.1 Å². The topological polar surface area (TPSA) is 61.1 Å². The van der Waals surface area contributed by atoms with Gasteiger partial charge in [-0.15, -0.1) is 11.3 Å². The van der Waals surface area contributed by atoms with Gasteiger partial charge in [0.1, 0.15) is 11.9 Å². The predicted octanol–water partition coefficient (Wildman–Crippen LogP) is 4.53. The summed E-state index contributed by atoms with van der Waals surface area (Å²) in [5.74, 6) is 0.616. The molecule has 144 valence electrons. The fraction of sp³-hybridized carbons (Fsp3) is 0.524. The molecule has 6 heteroatoms. The molecule has 0 aliphatic heterocycles. The van der Waals surface area contributed by atoms with Gasteiger partial charge in [-0.1, -0.05) is 12.8 Å². The van der Waals surface area contributed by atoms with Crippen LogP contribution in [0.2, 0.25) is 0 Å². The summed E-state index contributed by atoms with van der Waals surface area (Å²) in [5, 5.41) is 14.8. The molecule has 0 spiro atoms. The number of anilines is 1. The lowest BCUT2D eigenvalue weighted by molar-refractivity contribution is -0.117. The van der Waals surface area contributed by atoms with Crippen molar-refractivity contribution in [1.29, 1.82) is 5.26 Å². The third-order valence-corrected chi connectivity index (χ3v) is 6.62. The van der Waals surface area contributed by atoms with E-state index in [1.54, 1.807) is 11.3 Å². The van der Waals surface area contributed by atoms with Crippen LogP contribution in [0.15, 0.2) is 11.4 Å². The van der Waals surface area contributed by atoms with Crippen molar-refractivity contribution in [2.45, 2.75) is 59.0 Å². The Kier molecular flexibility index (Phi) is 6.03. The zero-order valence-electron chi connectivity index (χ0n) is 16.6. The first-order valence-electron chi connectivity index (χ1n) is 9.55. The van der Waals surface area contributed by atoms with Gasteiger partial charge in [-0.05, 0) is 63.2 Å². The van der Waals surface area contributed by atoms with Crippen LogP contribution in [0.3, 0.4) is 0 Å². The van der Waals surface area contributed by atoms with E-state index in [0.717, 1.165) is 30.6 Å². The van der Waals surface area contributed by atoms with Gasteiger partial charge in [0.05, 0.1) is 12.1 Å². The number of aryl methyl sites for hydroxylation is 1. The largest absolute Gasteiger partial charge is 0.327 e. The molecule has 27 heavy (non-hydrogen) atoms. The van der Waals surface area contributed by atoms with Gasteiger partial charge >= 0.3 is 0 Å². The number of hydrogen-bond donors (Lipinski definition) is 1. The molecule has 0 aromatic carbocycles. The van der Waals surface area contributed by atoms with E-state index in [4.69, 9.17) is 0 Å². The molecule has 0 radical (unpaired) electrons. The highest BCUT2D eigenvalue weighted by Crippen LogP contribution is 2.37. The molecule has 2 aromatic heterocycles. The van der Waals surface area contributed by atoms with E-state index < -0.39 is 0 Å². The van der Waals surface area contributed by atoms with E-state index >= 15 is 0 Å². The van der Waals surface area contributed by atoms with Crippen LogP contribution in [-0.4, -0.2) is 29.0 Å². The molecule has 3 rings (SSSR count). The number of likely N-dealkylation sites (N-methyl/N-ethyl adjacent to an activating group) is 1. The summed E-state index contributed by atoms with van der Waals surface area (Å²) in [6.45, 7) is 7.18. The SMILES string of the molecule is Cc1ccsc1CN(C)CC(=O)Nc1c(C#N)c(C)c(C)n1C1CCCC1. The number of thiophene rings is 1. The Balaban J connectivity index is 1.76. The van der Waals surface area contributed by atoms with Gasteiger partial charge in [-0.2, -0.15) is 5.26 Å². The van der Waals surface area contributed by atoms with Crippen LogP contribution in [-0.2, 0) is 11.3 Å². The summed E-state index contributed by atoms with van der Waals surface area (Å²) in [7, 11) is 1.95. The molecular formula is C21H28N4OS. The molecule has 0 atom stereocenters. The molecule has 5 nitrogen and oxygen atoms in total. The van der Waals surface area contributed by atoms with Crippen LogP contribution in [0, 0.1) is 32.1 Å². The van der Waals surface area contributed by atoms with Crippen LogP contribution in [0.4, 0.5) is 5.82 Å². The van der Waals surface area contributed by atoms with Gasteiger partial charge in [0.2, 0.25) is 5.91 Å². The Hall–Kier alpha value is -2.10. The first-order valence-corrected chi connectivity index (χ1v) is 10.4. The molecule has 1 saturated carbocycles. The first-order chi connectivity index (χ1) is 12.9. The second-order valence-corrected chi connectivity index (χ2v) is 8.60. The lowest BCUT2D eigenvalue weighted by Gasteiger charge is -2.21. The fourth-order valence-electron chi connectivity index (χ4n) is 3.99. The van der Waals surface area contributed by atoms with E-state index in [1.807, 2.05) is 18.9 Å². The minimum absolute atomic E-state index is 0.0695. The number of nitrogens with one attached hydrogen (secondary N) is 1. The highest BCUT2D eigenvalue weighted by atomic mass is 32.1. The summed E-state index contributed by atoms with van der Waals surface area (Å²) in [5.41, 5.74) is 3.93. The Morgan fingerprint density at radius 2 is 2.07 bits per heavy atom. The van der Waals surface area contributed by atoms with Crippen molar-refractivity contribution in [3.05, 3.63) is 38.7 Å². The normalized spacial score (nSPS) is 14.7. The average Bonchev–Trinajstić information content (AvgIpc) is 3.31. The number of rotatable bonds is 6. The summed E-state index contributed by atoms with van der Waals surface area (Å²) >= 11 is 1.72. The number of aromatic nitrogens is 1. The van der Waals surface area contributed by atoms with Gasteiger partial charge in [0, 0.05) is 23.2 Å². The fourth-order valence-corrected chi connectivity index (χ4v) is 4.97. The van der Waals surface area contributed by atoms with Crippen LogP contribution < -0.4 is 5.32 Å². The van der Waals surface area contributed by atoms with Gasteiger partial charge in [0.25, 0.3) is 0 Å². The monoisotopic (exact) mass is 384 g/mol. The molecule has 1 aliphatic rings. The van der Waals surface area contributed by atoms with E-state index in [2.05, 4.69) is 41.2 Å². The second kappa shape index (κ2) is 8.28. The summed E-state index contributed by atoms with van der Waals surface area (Å²) in [6, 6.07) is 4.79. The highest BCUT2D eigenvalue weighted by molar-refractivity contribution is 7.10. The van der Waals surface area contributed by atoms with Crippen molar-refractivity contribution in [3.8, 4) is 6.07 Å². The minimum atomic E-state index is -0.0695. The number of amides is 1. The summed E-state index contributed by atoms with van der Waals surface area (Å²) in [6.07, 6.45) is 4.64. The van der Waals surface area contributed by atoms with Crippen molar-refractivity contribution in [2.75, 3.05) is 18.9 Å². The van der Waals surface area contributed by atoms with E-state index in [-0.39, 0.29) is 5.91 Å². The molecule has 2 heterocycles. The van der Waals surface area contributed by atoms with E-state index in [1.165, 1.54) is 23.3 Å². The highest BCUT2D eigenvalue weighted by Gasteiger charge is 2.26. The molecule has 1 N–H and O–H groups in total. The third kappa shape index (κ3) is 4.10. The molecule has 1 amide bonds. The Bertz CT molecular complexity index is 868. The zero-order chi connectivity index (χ0) is 19.6. The maximum absolute atomic E-state index is 12.7. The summed E-state index contributed by atoms with van der Waals surface area (Å²) in [4.78, 5) is 16.0. The smallest absolute Gasteiger partial charge is 0.239 e. The van der Waals surface area contributed by atoms with Gasteiger partial charge in [-0.25, -0.2) is 0 Å². The number of carbonyl (C=O) groups is 1. The molecule has 0 saturated heterocycles. The molecule has 1 fully saturated rings. The maximum atomic E-state index is 12.7. The number of nitriles is 1. The molecule has 0 bridgehead atoms. The molecular weight excluding hydrogens is 356 g/mol. The van der Waals surface area contributed by atoms with E-state index in [9.17, 15) is 10.1 Å². The van der Waals surface area contributed by atoms with Crippen LogP contribution >= 0.6 is 11.3 Å². The molecule has 2 aromatic rings. The van der Waals surface area contributed by atoms with Crippen LogP contribution in [0.25, 0.3) is 0 Å². The second-order valence-electron chi connectivity index (χ2n) is 7.60. The first kappa shape index (κ1) is 19.7. The quantitative estimate of drug-likeness (QED) is 0.796.